The number of aliphatic hydroxyl groups is 1. The van der Waals surface area contributed by atoms with Crippen LogP contribution in [0.15, 0.2) is 6.07 Å². The smallest absolute Gasteiger partial charge is 0.281 e. The van der Waals surface area contributed by atoms with Gasteiger partial charge in [0.25, 0.3) is 6.43 Å². The van der Waals surface area contributed by atoms with Crippen molar-refractivity contribution in [2.24, 2.45) is 0 Å². The Balaban J connectivity index is 3.27. The van der Waals surface area contributed by atoms with Crippen LogP contribution in [-0.4, -0.2) is 10.1 Å². The number of hydrogen-bond donors (Lipinski definition) is 1. The lowest BCUT2D eigenvalue weighted by Gasteiger charge is -2.06. The van der Waals surface area contributed by atoms with Gasteiger partial charge in [0.2, 0.25) is 0 Å². The fourth-order valence-corrected chi connectivity index (χ4v) is 1.73. The van der Waals surface area contributed by atoms with E-state index in [1.165, 1.54) is 6.07 Å². The van der Waals surface area contributed by atoms with E-state index in [0.717, 1.165) is 0 Å². The molecule has 1 heterocycles. The molecule has 0 fully saturated rings. The van der Waals surface area contributed by atoms with Crippen molar-refractivity contribution < 1.29 is 13.9 Å². The number of hydrogen-bond acceptors (Lipinski definition) is 2. The third kappa shape index (κ3) is 2.47. The molecule has 2 nitrogen and oxygen atoms in total. The highest BCUT2D eigenvalue weighted by Gasteiger charge is 2.17. The standard InChI is InChI=1S/C7H5ClF2INO/c8-4-1-3(2-13)5(11)6(12-4)7(9)10/h1,7,13H,2H2. The van der Waals surface area contributed by atoms with E-state index in [1.807, 2.05) is 0 Å². The SMILES string of the molecule is OCc1cc(Cl)nc(C(F)F)c1I. The van der Waals surface area contributed by atoms with Crippen molar-refractivity contribution in [1.29, 1.82) is 0 Å². The zero-order chi connectivity index (χ0) is 10.0. The van der Waals surface area contributed by atoms with Crippen LogP contribution in [0, 0.1) is 3.57 Å². The first-order valence-electron chi connectivity index (χ1n) is 3.30. The number of aromatic nitrogens is 1. The number of alkyl halides is 2. The summed E-state index contributed by atoms with van der Waals surface area (Å²) in [7, 11) is 0. The Morgan fingerprint density at radius 2 is 2.23 bits per heavy atom. The highest BCUT2D eigenvalue weighted by molar-refractivity contribution is 14.1. The van der Waals surface area contributed by atoms with Crippen LogP contribution in [0.3, 0.4) is 0 Å². The largest absolute Gasteiger partial charge is 0.392 e. The van der Waals surface area contributed by atoms with Gasteiger partial charge in [-0.2, -0.15) is 0 Å². The van der Waals surface area contributed by atoms with E-state index in [2.05, 4.69) is 4.98 Å². The number of aliphatic hydroxyl groups excluding tert-OH is 1. The van der Waals surface area contributed by atoms with Gasteiger partial charge in [-0.1, -0.05) is 11.6 Å². The predicted molar refractivity (Wildman–Crippen MR) is 52.8 cm³/mol. The van der Waals surface area contributed by atoms with Crippen LogP contribution in [0.5, 0.6) is 0 Å². The van der Waals surface area contributed by atoms with Gasteiger partial charge in [0.15, 0.2) is 0 Å². The van der Waals surface area contributed by atoms with Crippen LogP contribution in [0.4, 0.5) is 8.78 Å². The van der Waals surface area contributed by atoms with E-state index < -0.39 is 6.43 Å². The lowest BCUT2D eigenvalue weighted by molar-refractivity contribution is 0.144. The number of pyridine rings is 1. The highest BCUT2D eigenvalue weighted by Crippen LogP contribution is 2.27. The molecule has 1 aromatic heterocycles. The van der Waals surface area contributed by atoms with E-state index in [0.29, 0.717) is 5.56 Å². The molecule has 1 rings (SSSR count). The van der Waals surface area contributed by atoms with Gasteiger partial charge in [0.1, 0.15) is 10.8 Å². The van der Waals surface area contributed by atoms with Gasteiger partial charge in [-0.15, -0.1) is 0 Å². The molecule has 6 heteroatoms. The summed E-state index contributed by atoms with van der Waals surface area (Å²) in [6.07, 6.45) is -2.67. The zero-order valence-corrected chi connectivity index (χ0v) is 9.18. The Morgan fingerprint density at radius 3 is 2.69 bits per heavy atom. The van der Waals surface area contributed by atoms with Gasteiger partial charge in [-0.05, 0) is 34.2 Å². The second kappa shape index (κ2) is 4.47. The molecule has 0 radical (unpaired) electrons. The Labute approximate surface area is 92.1 Å². The molecule has 0 bridgehead atoms. The third-order valence-corrected chi connectivity index (χ3v) is 2.84. The number of nitrogens with zero attached hydrogens (tertiary/aromatic N) is 1. The Bertz CT molecular complexity index is 322. The minimum absolute atomic E-state index is 0.0280. The summed E-state index contributed by atoms with van der Waals surface area (Å²) >= 11 is 7.20. The van der Waals surface area contributed by atoms with Crippen molar-refractivity contribution in [2.45, 2.75) is 13.0 Å². The van der Waals surface area contributed by atoms with Crippen LogP contribution < -0.4 is 0 Å². The van der Waals surface area contributed by atoms with E-state index >= 15 is 0 Å². The maximum absolute atomic E-state index is 12.3. The number of rotatable bonds is 2. The molecule has 1 aromatic rings. The van der Waals surface area contributed by atoms with Crippen LogP contribution in [0.1, 0.15) is 17.7 Å². The topological polar surface area (TPSA) is 33.1 Å². The summed E-state index contributed by atoms with van der Waals surface area (Å²) < 4.78 is 24.9. The third-order valence-electron chi connectivity index (χ3n) is 1.40. The average Bonchev–Trinajstić information content (AvgIpc) is 2.08. The quantitative estimate of drug-likeness (QED) is 0.672. The van der Waals surface area contributed by atoms with Gasteiger partial charge >= 0.3 is 0 Å². The number of halogens is 4. The average molecular weight is 319 g/mol. The Hall–Kier alpha value is -0.0100. The molecule has 0 aromatic carbocycles. The normalized spacial score (nSPS) is 10.9. The molecule has 0 aliphatic rings. The van der Waals surface area contributed by atoms with E-state index in [4.69, 9.17) is 16.7 Å². The van der Waals surface area contributed by atoms with Crippen molar-refractivity contribution in [3.8, 4) is 0 Å². The highest BCUT2D eigenvalue weighted by atomic mass is 127. The second-order valence-corrected chi connectivity index (χ2v) is 3.73. The molecule has 13 heavy (non-hydrogen) atoms. The molecule has 0 saturated heterocycles. The fourth-order valence-electron chi connectivity index (χ4n) is 0.828. The van der Waals surface area contributed by atoms with Crippen LogP contribution >= 0.6 is 34.2 Å². The van der Waals surface area contributed by atoms with Gasteiger partial charge in [-0.25, -0.2) is 13.8 Å². The monoisotopic (exact) mass is 319 g/mol. The summed E-state index contributed by atoms with van der Waals surface area (Å²) in [4.78, 5) is 3.48. The maximum atomic E-state index is 12.3. The molecule has 0 amide bonds. The summed E-state index contributed by atoms with van der Waals surface area (Å²) in [5, 5.41) is 8.78. The van der Waals surface area contributed by atoms with Crippen molar-refractivity contribution >= 4 is 34.2 Å². The van der Waals surface area contributed by atoms with Gasteiger partial charge < -0.3 is 5.11 Å². The minimum Gasteiger partial charge on any atom is -0.392 e. The van der Waals surface area contributed by atoms with E-state index in [9.17, 15) is 8.78 Å². The molecule has 72 valence electrons. The molecular weight excluding hydrogens is 314 g/mol. The van der Waals surface area contributed by atoms with Crippen molar-refractivity contribution in [3.63, 3.8) is 0 Å². The van der Waals surface area contributed by atoms with Crippen molar-refractivity contribution in [3.05, 3.63) is 26.0 Å². The first kappa shape index (κ1) is 11.1. The first-order chi connectivity index (χ1) is 6.06. The molecule has 0 atom stereocenters. The summed E-state index contributed by atoms with van der Waals surface area (Å²) in [5.74, 6) is 0. The van der Waals surface area contributed by atoms with E-state index in [1.54, 1.807) is 22.6 Å². The van der Waals surface area contributed by atoms with Crippen molar-refractivity contribution in [1.82, 2.24) is 4.98 Å². The predicted octanol–water partition coefficient (Wildman–Crippen LogP) is 2.77. The van der Waals surface area contributed by atoms with Crippen LogP contribution in [0.2, 0.25) is 5.15 Å². The van der Waals surface area contributed by atoms with Gasteiger partial charge in [0.05, 0.1) is 6.61 Å². The molecule has 0 unspecified atom stereocenters. The zero-order valence-electron chi connectivity index (χ0n) is 6.27. The lowest BCUT2D eigenvalue weighted by atomic mass is 10.2. The maximum Gasteiger partial charge on any atom is 0.281 e. The molecule has 0 aliphatic heterocycles. The molecule has 0 aliphatic carbocycles. The Kier molecular flexibility index (Phi) is 3.81. The second-order valence-electron chi connectivity index (χ2n) is 2.26. The van der Waals surface area contributed by atoms with Gasteiger partial charge in [-0.3, -0.25) is 0 Å². The van der Waals surface area contributed by atoms with Crippen LogP contribution in [-0.2, 0) is 6.61 Å². The Morgan fingerprint density at radius 1 is 1.62 bits per heavy atom. The fraction of sp³-hybridized carbons (Fsp3) is 0.286. The summed E-state index contributed by atoms with van der Waals surface area (Å²) in [6.45, 7) is -0.319. The summed E-state index contributed by atoms with van der Waals surface area (Å²) in [6, 6.07) is 1.37. The minimum atomic E-state index is -2.67. The first-order valence-corrected chi connectivity index (χ1v) is 4.75. The van der Waals surface area contributed by atoms with Crippen molar-refractivity contribution in [2.75, 3.05) is 0 Å². The molecular formula is C7H5ClF2INO. The molecule has 0 saturated carbocycles. The van der Waals surface area contributed by atoms with Crippen LogP contribution in [0.25, 0.3) is 0 Å². The molecule has 1 N–H and O–H groups in total. The van der Waals surface area contributed by atoms with E-state index in [-0.39, 0.29) is 21.0 Å². The summed E-state index contributed by atoms with van der Waals surface area (Å²) in [5.41, 5.74) is -0.00644. The van der Waals surface area contributed by atoms with Gasteiger partial charge in [0, 0.05) is 3.57 Å². The lowest BCUT2D eigenvalue weighted by Crippen LogP contribution is -2.00. The molecule has 0 spiro atoms.